The van der Waals surface area contributed by atoms with Crippen LogP contribution in [-0.4, -0.2) is 43.5 Å². The van der Waals surface area contributed by atoms with E-state index in [4.69, 9.17) is 5.73 Å². The molecule has 0 bridgehead atoms. The zero-order valence-electron chi connectivity index (χ0n) is 13.3. The van der Waals surface area contributed by atoms with E-state index in [2.05, 4.69) is 24.1 Å². The highest BCUT2D eigenvalue weighted by molar-refractivity contribution is 5.82. The minimum Gasteiger partial charge on any atom is -0.359 e. The van der Waals surface area contributed by atoms with Crippen molar-refractivity contribution in [1.29, 1.82) is 0 Å². The molecule has 4 nitrogen and oxygen atoms in total. The van der Waals surface area contributed by atoms with Crippen LogP contribution in [0.2, 0.25) is 0 Å². The molecule has 0 aromatic rings. The molecule has 1 amide bonds. The smallest absolute Gasteiger partial charge is 0.227 e. The zero-order valence-corrected chi connectivity index (χ0v) is 13.3. The van der Waals surface area contributed by atoms with Gasteiger partial charge in [0.05, 0.1) is 5.41 Å². The molecule has 1 aliphatic heterocycles. The topological polar surface area (TPSA) is 58.4 Å². The Labute approximate surface area is 123 Å². The molecule has 2 fully saturated rings. The maximum atomic E-state index is 12.1. The van der Waals surface area contributed by atoms with Crippen molar-refractivity contribution >= 4 is 5.91 Å². The van der Waals surface area contributed by atoms with E-state index >= 15 is 0 Å². The highest BCUT2D eigenvalue weighted by Crippen LogP contribution is 2.39. The molecule has 2 aliphatic rings. The van der Waals surface area contributed by atoms with Crippen LogP contribution in [0, 0.1) is 17.3 Å². The molecule has 0 spiro atoms. The Hall–Kier alpha value is -0.610. The summed E-state index contributed by atoms with van der Waals surface area (Å²) in [5.74, 6) is 1.65. The number of amides is 1. The lowest BCUT2D eigenvalue weighted by Gasteiger charge is -2.41. The lowest BCUT2D eigenvalue weighted by atomic mass is 9.76. The Kier molecular flexibility index (Phi) is 5.08. The average Bonchev–Trinajstić information content (AvgIpc) is 2.89. The molecule has 4 unspecified atom stereocenters. The third-order valence-corrected chi connectivity index (χ3v) is 5.69. The van der Waals surface area contributed by atoms with E-state index in [1.165, 1.54) is 25.7 Å². The predicted octanol–water partition coefficient (Wildman–Crippen LogP) is 1.60. The molecule has 3 N–H and O–H groups in total. The fourth-order valence-corrected chi connectivity index (χ4v) is 4.15. The van der Waals surface area contributed by atoms with E-state index in [9.17, 15) is 4.79 Å². The predicted molar refractivity (Wildman–Crippen MR) is 82.3 cm³/mol. The summed E-state index contributed by atoms with van der Waals surface area (Å²) in [7, 11) is 1.74. The van der Waals surface area contributed by atoms with Crippen LogP contribution >= 0.6 is 0 Å². The van der Waals surface area contributed by atoms with Crippen LogP contribution in [0.15, 0.2) is 0 Å². The second-order valence-corrected chi connectivity index (χ2v) is 7.01. The van der Waals surface area contributed by atoms with Gasteiger partial charge in [-0.05, 0) is 51.1 Å². The molecule has 20 heavy (non-hydrogen) atoms. The number of nitrogens with two attached hydrogens (primary N) is 1. The largest absolute Gasteiger partial charge is 0.359 e. The van der Waals surface area contributed by atoms with Crippen LogP contribution < -0.4 is 11.1 Å². The van der Waals surface area contributed by atoms with Crippen LogP contribution in [0.25, 0.3) is 0 Å². The Morgan fingerprint density at radius 2 is 2.20 bits per heavy atom. The minimum absolute atomic E-state index is 0.187. The van der Waals surface area contributed by atoms with Crippen molar-refractivity contribution in [1.82, 2.24) is 10.2 Å². The third kappa shape index (κ3) is 3.01. The second kappa shape index (κ2) is 6.44. The van der Waals surface area contributed by atoms with Crippen LogP contribution in [0.1, 0.15) is 46.0 Å². The number of nitrogens with one attached hydrogen (secondary N) is 1. The molecular weight excluding hydrogens is 250 g/mol. The van der Waals surface area contributed by atoms with Gasteiger partial charge in [-0.25, -0.2) is 0 Å². The average molecular weight is 281 g/mol. The van der Waals surface area contributed by atoms with Crippen molar-refractivity contribution in [2.45, 2.75) is 52.0 Å². The SMILES string of the molecule is CCC1CCC(CN)C(N2CCC(C)(C(=O)NC)C2)C1. The van der Waals surface area contributed by atoms with Crippen LogP contribution in [-0.2, 0) is 4.79 Å². The molecule has 0 aromatic heterocycles. The summed E-state index contributed by atoms with van der Waals surface area (Å²) in [4.78, 5) is 14.6. The highest BCUT2D eigenvalue weighted by atomic mass is 16.2. The standard InChI is InChI=1S/C16H31N3O/c1-4-12-5-6-13(10-17)14(9-12)19-8-7-16(2,11-19)15(20)18-3/h12-14H,4-11,17H2,1-3H3,(H,18,20). The molecule has 4 heteroatoms. The van der Waals surface area contributed by atoms with Gasteiger partial charge in [0, 0.05) is 19.6 Å². The Bertz CT molecular complexity index is 347. The molecule has 1 saturated carbocycles. The van der Waals surface area contributed by atoms with Gasteiger partial charge in [-0.15, -0.1) is 0 Å². The number of hydrogen-bond donors (Lipinski definition) is 2. The molecule has 2 rings (SSSR count). The van der Waals surface area contributed by atoms with Crippen molar-refractivity contribution in [3.8, 4) is 0 Å². The van der Waals surface area contributed by atoms with Crippen molar-refractivity contribution in [3.63, 3.8) is 0 Å². The summed E-state index contributed by atoms with van der Waals surface area (Å²) in [5, 5.41) is 2.83. The van der Waals surface area contributed by atoms with E-state index in [1.54, 1.807) is 7.05 Å². The van der Waals surface area contributed by atoms with Crippen LogP contribution in [0.3, 0.4) is 0 Å². The van der Waals surface area contributed by atoms with Crippen LogP contribution in [0.5, 0.6) is 0 Å². The fraction of sp³-hybridized carbons (Fsp3) is 0.938. The number of carbonyl (C=O) groups is 1. The lowest BCUT2D eigenvalue weighted by molar-refractivity contribution is -0.129. The Morgan fingerprint density at radius 3 is 2.80 bits per heavy atom. The molecule has 4 atom stereocenters. The van der Waals surface area contributed by atoms with Crippen molar-refractivity contribution in [2.75, 3.05) is 26.7 Å². The van der Waals surface area contributed by atoms with Gasteiger partial charge >= 0.3 is 0 Å². The quantitative estimate of drug-likeness (QED) is 0.823. The second-order valence-electron chi connectivity index (χ2n) is 7.01. The summed E-state index contributed by atoms with van der Waals surface area (Å²) in [5.41, 5.74) is 5.78. The molecular formula is C16H31N3O. The normalized spacial score (nSPS) is 38.9. The summed E-state index contributed by atoms with van der Waals surface area (Å²) in [6.07, 6.45) is 6.09. The molecule has 0 aromatic carbocycles. The number of hydrogen-bond acceptors (Lipinski definition) is 3. The van der Waals surface area contributed by atoms with E-state index in [0.29, 0.717) is 12.0 Å². The first-order valence-electron chi connectivity index (χ1n) is 8.20. The number of rotatable bonds is 4. The maximum absolute atomic E-state index is 12.1. The van der Waals surface area contributed by atoms with Crippen molar-refractivity contribution in [2.24, 2.45) is 23.0 Å². The Balaban J connectivity index is 2.04. The first-order valence-corrected chi connectivity index (χ1v) is 8.20. The summed E-state index contributed by atoms with van der Waals surface area (Å²) >= 11 is 0. The number of likely N-dealkylation sites (tertiary alicyclic amines) is 1. The van der Waals surface area contributed by atoms with Crippen molar-refractivity contribution < 1.29 is 4.79 Å². The number of nitrogens with zero attached hydrogens (tertiary/aromatic N) is 1. The minimum atomic E-state index is -0.215. The molecule has 116 valence electrons. The van der Waals surface area contributed by atoms with E-state index in [0.717, 1.165) is 32.0 Å². The summed E-state index contributed by atoms with van der Waals surface area (Å²) in [6, 6.07) is 0.588. The Morgan fingerprint density at radius 1 is 1.45 bits per heavy atom. The maximum Gasteiger partial charge on any atom is 0.227 e. The monoisotopic (exact) mass is 281 g/mol. The third-order valence-electron chi connectivity index (χ3n) is 5.69. The highest BCUT2D eigenvalue weighted by Gasteiger charge is 2.44. The van der Waals surface area contributed by atoms with Gasteiger partial charge < -0.3 is 11.1 Å². The number of carbonyl (C=O) groups excluding carboxylic acids is 1. The summed E-state index contributed by atoms with van der Waals surface area (Å²) in [6.45, 7) is 7.12. The molecule has 0 radical (unpaired) electrons. The van der Waals surface area contributed by atoms with Gasteiger partial charge in [-0.1, -0.05) is 19.8 Å². The lowest BCUT2D eigenvalue weighted by Crippen LogP contribution is -2.48. The van der Waals surface area contributed by atoms with Crippen LogP contribution in [0.4, 0.5) is 0 Å². The van der Waals surface area contributed by atoms with E-state index < -0.39 is 0 Å². The van der Waals surface area contributed by atoms with Gasteiger partial charge in [0.2, 0.25) is 5.91 Å². The zero-order chi connectivity index (χ0) is 14.8. The first-order chi connectivity index (χ1) is 9.54. The molecule has 1 saturated heterocycles. The van der Waals surface area contributed by atoms with Gasteiger partial charge in [0.25, 0.3) is 0 Å². The fourth-order valence-electron chi connectivity index (χ4n) is 4.15. The summed E-state index contributed by atoms with van der Waals surface area (Å²) < 4.78 is 0. The van der Waals surface area contributed by atoms with Crippen molar-refractivity contribution in [3.05, 3.63) is 0 Å². The van der Waals surface area contributed by atoms with Gasteiger partial charge in [-0.2, -0.15) is 0 Å². The van der Waals surface area contributed by atoms with Gasteiger partial charge in [-0.3, -0.25) is 9.69 Å². The van der Waals surface area contributed by atoms with Gasteiger partial charge in [0.1, 0.15) is 0 Å². The van der Waals surface area contributed by atoms with E-state index in [-0.39, 0.29) is 11.3 Å². The van der Waals surface area contributed by atoms with E-state index in [1.807, 2.05) is 0 Å². The molecule has 1 heterocycles. The van der Waals surface area contributed by atoms with Gasteiger partial charge in [0.15, 0.2) is 0 Å². The first kappa shape index (κ1) is 15.8. The molecule has 1 aliphatic carbocycles.